The highest BCUT2D eigenvalue weighted by Gasteiger charge is 2.23. The first-order valence-electron chi connectivity index (χ1n) is 36.7. The number of allylic oxidation sites excluding steroid dienone is 3. The number of carbonyl (C=O) groups is 1. The van der Waals surface area contributed by atoms with Crippen LogP contribution in [-0.4, -0.2) is 68.5 Å². The summed E-state index contributed by atoms with van der Waals surface area (Å²) in [6.45, 7) is 4.70. The van der Waals surface area contributed by atoms with Gasteiger partial charge in [0.05, 0.1) is 39.9 Å². The average molecular weight is 1180 g/mol. The molecule has 0 aliphatic rings. The van der Waals surface area contributed by atoms with Gasteiger partial charge in [0.2, 0.25) is 5.91 Å². The first kappa shape index (κ1) is 81.0. The summed E-state index contributed by atoms with van der Waals surface area (Å²) in [7, 11) is 1.26. The Labute approximate surface area is 513 Å². The molecule has 82 heavy (non-hydrogen) atoms. The molecular weight excluding hydrogens is 1030 g/mol. The van der Waals surface area contributed by atoms with Gasteiger partial charge in [-0.25, -0.2) is 0 Å². The highest BCUT2D eigenvalue weighted by molar-refractivity contribution is 7.45. The van der Waals surface area contributed by atoms with Crippen molar-refractivity contribution >= 4 is 13.7 Å². The number of nitrogens with zero attached hydrogens (tertiary/aromatic N) is 1. The topological polar surface area (TPSA) is 108 Å². The Balaban J connectivity index is 3.98. The lowest BCUT2D eigenvalue weighted by atomic mass is 10.0. The number of likely N-dealkylation sites (N-methyl/N-ethyl adjacent to an activating group) is 1. The molecule has 0 aromatic carbocycles. The van der Waals surface area contributed by atoms with Crippen molar-refractivity contribution in [3.05, 3.63) is 24.3 Å². The lowest BCUT2D eigenvalue weighted by Gasteiger charge is -2.29. The molecule has 0 saturated carbocycles. The molecule has 2 N–H and O–H groups in total. The summed E-state index contributed by atoms with van der Waals surface area (Å²) < 4.78 is 23.5. The van der Waals surface area contributed by atoms with Crippen molar-refractivity contribution in [2.45, 2.75) is 398 Å². The van der Waals surface area contributed by atoms with Crippen molar-refractivity contribution in [1.29, 1.82) is 0 Å². The van der Waals surface area contributed by atoms with E-state index in [9.17, 15) is 19.4 Å². The predicted molar refractivity (Wildman–Crippen MR) is 358 cm³/mol. The van der Waals surface area contributed by atoms with E-state index in [4.69, 9.17) is 9.05 Å². The van der Waals surface area contributed by atoms with Crippen LogP contribution in [0.1, 0.15) is 386 Å². The number of unbranched alkanes of at least 4 members (excludes halogenated alkanes) is 54. The fraction of sp³-hybridized carbons (Fsp3) is 0.932. The number of hydrogen-bond acceptors (Lipinski definition) is 6. The van der Waals surface area contributed by atoms with Crippen molar-refractivity contribution < 1.29 is 32.9 Å². The summed E-state index contributed by atoms with van der Waals surface area (Å²) in [4.78, 5) is 25.6. The number of amides is 1. The minimum Gasteiger partial charge on any atom is -0.756 e. The normalized spacial score (nSPS) is 13.7. The second kappa shape index (κ2) is 64.5. The third-order valence-electron chi connectivity index (χ3n) is 17.2. The monoisotopic (exact) mass is 1180 g/mol. The number of aliphatic hydroxyl groups excluding tert-OH is 1. The summed E-state index contributed by atoms with van der Waals surface area (Å²) in [6, 6.07) is -0.902. The summed E-state index contributed by atoms with van der Waals surface area (Å²) in [5, 5.41) is 13.9. The molecule has 3 atom stereocenters. The van der Waals surface area contributed by atoms with Gasteiger partial charge >= 0.3 is 0 Å². The highest BCUT2D eigenvalue weighted by Crippen LogP contribution is 2.38. The molecule has 3 unspecified atom stereocenters. The van der Waals surface area contributed by atoms with E-state index in [1.54, 1.807) is 6.08 Å². The number of phosphoric ester groups is 1. The number of carbonyl (C=O) groups excluding carboxylic acids is 1. The summed E-state index contributed by atoms with van der Waals surface area (Å²) in [5.41, 5.74) is 0. The number of nitrogens with one attached hydrogen (secondary N) is 1. The zero-order valence-electron chi connectivity index (χ0n) is 56.0. The average Bonchev–Trinajstić information content (AvgIpc) is 3.47. The predicted octanol–water partition coefficient (Wildman–Crippen LogP) is 22.8. The summed E-state index contributed by atoms with van der Waals surface area (Å²) >= 11 is 0. The van der Waals surface area contributed by atoms with E-state index in [-0.39, 0.29) is 19.1 Å². The highest BCUT2D eigenvalue weighted by atomic mass is 31.2. The molecule has 0 heterocycles. The van der Waals surface area contributed by atoms with Gasteiger partial charge in [0, 0.05) is 6.42 Å². The summed E-state index contributed by atoms with van der Waals surface area (Å²) in [6.07, 6.45) is 84.7. The third-order valence-corrected chi connectivity index (χ3v) is 18.1. The summed E-state index contributed by atoms with van der Waals surface area (Å²) in [5.74, 6) is -0.198. The standard InChI is InChI=1S/C73H145N2O6P/c1-6-8-10-12-14-16-18-20-22-24-26-28-30-32-33-34-35-36-37-38-39-40-41-42-43-45-47-49-51-53-55-57-59-61-63-65-67-73(77)74-71(70-81-82(78,79)80-69-68-75(3,4)5)72(76)66-64-62-60-58-56-54-52-50-48-46-44-31-29-27-25-23-21-19-17-15-13-11-9-7-2/h56,58,64,66,71-72,76H,6-55,57,59-63,65,67-70H2,1-5H3,(H-,74,77,78,79)/b58-56+,66-64+. The quantitative estimate of drug-likeness (QED) is 0.0272. The Morgan fingerprint density at radius 3 is 0.988 bits per heavy atom. The second-order valence-electron chi connectivity index (χ2n) is 26.7. The molecule has 0 bridgehead atoms. The largest absolute Gasteiger partial charge is 0.756 e. The van der Waals surface area contributed by atoms with E-state index in [1.165, 1.54) is 327 Å². The molecular formula is C73H145N2O6P. The Morgan fingerprint density at radius 1 is 0.415 bits per heavy atom. The first-order valence-corrected chi connectivity index (χ1v) is 38.2. The lowest BCUT2D eigenvalue weighted by molar-refractivity contribution is -0.870. The Kier molecular flexibility index (Phi) is 63.7. The van der Waals surface area contributed by atoms with Crippen LogP contribution in [0.15, 0.2) is 24.3 Å². The Bertz CT molecular complexity index is 1390. The van der Waals surface area contributed by atoms with Crippen LogP contribution in [0.4, 0.5) is 0 Å². The number of hydrogen-bond donors (Lipinski definition) is 2. The first-order chi connectivity index (χ1) is 40.0. The van der Waals surface area contributed by atoms with Crippen LogP contribution in [0.3, 0.4) is 0 Å². The van der Waals surface area contributed by atoms with Crippen LogP contribution < -0.4 is 10.2 Å². The van der Waals surface area contributed by atoms with E-state index in [1.807, 2.05) is 27.2 Å². The zero-order chi connectivity index (χ0) is 59.8. The van der Waals surface area contributed by atoms with Crippen molar-refractivity contribution in [2.75, 3.05) is 40.9 Å². The second-order valence-corrected chi connectivity index (χ2v) is 28.1. The Morgan fingerprint density at radius 2 is 0.683 bits per heavy atom. The van der Waals surface area contributed by atoms with Crippen LogP contribution in [0, 0.1) is 0 Å². The Hall–Kier alpha value is -1.02. The molecule has 0 aromatic heterocycles. The van der Waals surface area contributed by atoms with Crippen LogP contribution in [0.5, 0.6) is 0 Å². The molecule has 488 valence electrons. The van der Waals surface area contributed by atoms with Gasteiger partial charge in [-0.2, -0.15) is 0 Å². The fourth-order valence-corrected chi connectivity index (χ4v) is 12.2. The van der Waals surface area contributed by atoms with Crippen LogP contribution in [0.25, 0.3) is 0 Å². The van der Waals surface area contributed by atoms with Gasteiger partial charge in [0.25, 0.3) is 7.82 Å². The van der Waals surface area contributed by atoms with E-state index < -0.39 is 20.0 Å². The maximum absolute atomic E-state index is 13.0. The maximum Gasteiger partial charge on any atom is 0.268 e. The maximum atomic E-state index is 13.0. The smallest absolute Gasteiger partial charge is 0.268 e. The number of rotatable bonds is 69. The van der Waals surface area contributed by atoms with Crippen LogP contribution in [0.2, 0.25) is 0 Å². The van der Waals surface area contributed by atoms with E-state index in [0.717, 1.165) is 38.5 Å². The van der Waals surface area contributed by atoms with Gasteiger partial charge in [-0.1, -0.05) is 372 Å². The minimum absolute atomic E-state index is 0.00340. The van der Waals surface area contributed by atoms with Crippen molar-refractivity contribution in [3.63, 3.8) is 0 Å². The molecule has 9 heteroatoms. The minimum atomic E-state index is -4.61. The van der Waals surface area contributed by atoms with E-state index >= 15 is 0 Å². The van der Waals surface area contributed by atoms with Crippen molar-refractivity contribution in [3.8, 4) is 0 Å². The van der Waals surface area contributed by atoms with Crippen LogP contribution >= 0.6 is 7.82 Å². The number of aliphatic hydroxyl groups is 1. The van der Waals surface area contributed by atoms with Gasteiger partial charge in [0.15, 0.2) is 0 Å². The molecule has 0 radical (unpaired) electrons. The lowest BCUT2D eigenvalue weighted by Crippen LogP contribution is -2.45. The molecule has 8 nitrogen and oxygen atoms in total. The molecule has 0 aromatic rings. The van der Waals surface area contributed by atoms with Crippen LogP contribution in [-0.2, 0) is 18.4 Å². The van der Waals surface area contributed by atoms with Gasteiger partial charge in [-0.05, 0) is 32.1 Å². The van der Waals surface area contributed by atoms with Gasteiger partial charge < -0.3 is 28.8 Å². The molecule has 1 amide bonds. The fourth-order valence-electron chi connectivity index (χ4n) is 11.5. The van der Waals surface area contributed by atoms with Crippen molar-refractivity contribution in [2.24, 2.45) is 0 Å². The molecule has 0 aliphatic carbocycles. The zero-order valence-corrected chi connectivity index (χ0v) is 56.9. The number of phosphoric acid groups is 1. The molecule has 0 fully saturated rings. The van der Waals surface area contributed by atoms with Gasteiger partial charge in [0.1, 0.15) is 13.2 Å². The molecule has 0 rings (SSSR count). The SMILES string of the molecule is CCCCCCCCCCCCCCCCCCCC/C=C/CC/C=C/C(O)C(COP(=O)([O-])OCC[N+](C)(C)C)NC(=O)CCCCCCCCCCCCCCCCCCCCCCCCCCCCCCCCCCCCCC. The molecule has 0 saturated heterocycles. The van der Waals surface area contributed by atoms with Gasteiger partial charge in [-0.3, -0.25) is 9.36 Å². The van der Waals surface area contributed by atoms with Gasteiger partial charge in [-0.15, -0.1) is 0 Å². The van der Waals surface area contributed by atoms with E-state index in [0.29, 0.717) is 17.4 Å². The molecule has 0 aliphatic heterocycles. The van der Waals surface area contributed by atoms with E-state index in [2.05, 4.69) is 31.3 Å². The molecule has 0 spiro atoms. The van der Waals surface area contributed by atoms with Crippen molar-refractivity contribution in [1.82, 2.24) is 5.32 Å². The number of quaternary nitrogens is 1. The third kappa shape index (κ3) is 66.5.